The Hall–Kier alpha value is -0.930. The van der Waals surface area contributed by atoms with Crippen LogP contribution in [0.15, 0.2) is 18.3 Å². The summed E-state index contributed by atoms with van der Waals surface area (Å²) in [7, 11) is 0. The molecule has 0 spiro atoms. The van der Waals surface area contributed by atoms with Crippen molar-refractivity contribution in [2.45, 2.75) is 32.4 Å². The van der Waals surface area contributed by atoms with E-state index in [9.17, 15) is 0 Å². The number of aromatic nitrogens is 1. The van der Waals surface area contributed by atoms with Crippen molar-refractivity contribution in [2.24, 2.45) is 17.6 Å². The highest BCUT2D eigenvalue weighted by Crippen LogP contribution is 2.37. The highest BCUT2D eigenvalue weighted by atomic mass is 15.2. The third-order valence-electron chi connectivity index (χ3n) is 4.48. The van der Waals surface area contributed by atoms with Crippen LogP contribution in [-0.4, -0.2) is 29.0 Å². The maximum Gasteiger partial charge on any atom is 0.0573 e. The van der Waals surface area contributed by atoms with E-state index in [1.54, 1.807) is 0 Å². The van der Waals surface area contributed by atoms with E-state index in [-0.39, 0.29) is 0 Å². The fourth-order valence-electron chi connectivity index (χ4n) is 3.42. The van der Waals surface area contributed by atoms with Crippen LogP contribution in [0.4, 0.5) is 0 Å². The number of hydrogen-bond donors (Lipinski definition) is 1. The zero-order valence-electron chi connectivity index (χ0n) is 10.5. The molecule has 1 aliphatic carbocycles. The molecule has 1 aliphatic heterocycles. The van der Waals surface area contributed by atoms with Crippen LogP contribution in [0.25, 0.3) is 0 Å². The van der Waals surface area contributed by atoms with Crippen molar-refractivity contribution < 1.29 is 0 Å². The summed E-state index contributed by atoms with van der Waals surface area (Å²) in [4.78, 5) is 7.01. The second kappa shape index (κ2) is 4.39. The minimum atomic E-state index is 0.440. The number of hydrogen-bond acceptors (Lipinski definition) is 3. The Balaban J connectivity index is 1.67. The van der Waals surface area contributed by atoms with E-state index in [4.69, 9.17) is 5.73 Å². The Bertz CT molecular complexity index is 404. The number of rotatable bonds is 2. The topological polar surface area (TPSA) is 42.2 Å². The number of nitrogens with zero attached hydrogens (tertiary/aromatic N) is 2. The van der Waals surface area contributed by atoms with Gasteiger partial charge in [-0.15, -0.1) is 0 Å². The maximum absolute atomic E-state index is 6.16. The molecule has 1 saturated heterocycles. The lowest BCUT2D eigenvalue weighted by Gasteiger charge is -2.18. The smallest absolute Gasteiger partial charge is 0.0573 e. The van der Waals surface area contributed by atoms with Crippen molar-refractivity contribution >= 4 is 0 Å². The first-order valence-electron chi connectivity index (χ1n) is 6.62. The molecule has 0 bridgehead atoms. The van der Waals surface area contributed by atoms with E-state index in [2.05, 4.69) is 22.9 Å². The van der Waals surface area contributed by atoms with Crippen molar-refractivity contribution in [1.82, 2.24) is 9.88 Å². The first-order chi connectivity index (χ1) is 8.24. The van der Waals surface area contributed by atoms with Crippen LogP contribution in [0, 0.1) is 18.8 Å². The lowest BCUT2D eigenvalue weighted by molar-refractivity contribution is 0.294. The highest BCUT2D eigenvalue weighted by molar-refractivity contribution is 5.17. The van der Waals surface area contributed by atoms with E-state index in [1.165, 1.54) is 37.2 Å². The van der Waals surface area contributed by atoms with Gasteiger partial charge < -0.3 is 5.73 Å². The molecule has 1 aromatic rings. The number of likely N-dealkylation sites (tertiary alicyclic amines) is 1. The molecule has 3 rings (SSSR count). The lowest BCUT2D eigenvalue weighted by atomic mass is 9.98. The van der Waals surface area contributed by atoms with E-state index in [1.807, 2.05) is 12.3 Å². The van der Waals surface area contributed by atoms with E-state index in [0.717, 1.165) is 18.4 Å². The van der Waals surface area contributed by atoms with Crippen molar-refractivity contribution in [3.8, 4) is 0 Å². The monoisotopic (exact) mass is 231 g/mol. The van der Waals surface area contributed by atoms with Crippen LogP contribution in [0.1, 0.15) is 24.1 Å². The van der Waals surface area contributed by atoms with Gasteiger partial charge in [0.05, 0.1) is 5.69 Å². The normalized spacial score (nSPS) is 32.9. The van der Waals surface area contributed by atoms with Gasteiger partial charge in [-0.2, -0.15) is 0 Å². The summed E-state index contributed by atoms with van der Waals surface area (Å²) < 4.78 is 0. The molecule has 2 aliphatic rings. The minimum Gasteiger partial charge on any atom is -0.327 e. The van der Waals surface area contributed by atoms with Gasteiger partial charge in [0.2, 0.25) is 0 Å². The molecule has 17 heavy (non-hydrogen) atoms. The average molecular weight is 231 g/mol. The fourth-order valence-corrected chi connectivity index (χ4v) is 3.42. The molecule has 3 unspecified atom stereocenters. The van der Waals surface area contributed by atoms with Crippen LogP contribution in [0.3, 0.4) is 0 Å². The Morgan fingerprint density at radius 2 is 2.29 bits per heavy atom. The summed E-state index contributed by atoms with van der Waals surface area (Å²) in [6, 6.07) is 4.59. The van der Waals surface area contributed by atoms with Gasteiger partial charge in [0.25, 0.3) is 0 Å². The Kier molecular flexibility index (Phi) is 2.89. The molecule has 0 radical (unpaired) electrons. The van der Waals surface area contributed by atoms with Crippen LogP contribution in [-0.2, 0) is 6.54 Å². The third kappa shape index (κ3) is 2.09. The van der Waals surface area contributed by atoms with Gasteiger partial charge in [0.1, 0.15) is 0 Å². The molecule has 2 heterocycles. The minimum absolute atomic E-state index is 0.440. The molecule has 1 aromatic heterocycles. The van der Waals surface area contributed by atoms with E-state index < -0.39 is 0 Å². The summed E-state index contributed by atoms with van der Waals surface area (Å²) in [5.74, 6) is 1.58. The van der Waals surface area contributed by atoms with E-state index >= 15 is 0 Å². The molecule has 92 valence electrons. The summed E-state index contributed by atoms with van der Waals surface area (Å²) in [5.41, 5.74) is 8.69. The first-order valence-corrected chi connectivity index (χ1v) is 6.62. The molecule has 2 fully saturated rings. The number of fused-ring (bicyclic) bond motifs is 1. The lowest BCUT2D eigenvalue weighted by Crippen LogP contribution is -2.30. The quantitative estimate of drug-likeness (QED) is 0.840. The van der Waals surface area contributed by atoms with Crippen molar-refractivity contribution in [1.29, 1.82) is 0 Å². The Morgan fingerprint density at radius 3 is 3.06 bits per heavy atom. The van der Waals surface area contributed by atoms with Crippen LogP contribution >= 0.6 is 0 Å². The van der Waals surface area contributed by atoms with Gasteiger partial charge in [-0.05, 0) is 43.2 Å². The number of aryl methyl sites for hydroxylation is 1. The van der Waals surface area contributed by atoms with Gasteiger partial charge in [0.15, 0.2) is 0 Å². The molecular formula is C14H21N3. The van der Waals surface area contributed by atoms with E-state index in [0.29, 0.717) is 6.04 Å². The van der Waals surface area contributed by atoms with Crippen LogP contribution in [0.2, 0.25) is 0 Å². The fraction of sp³-hybridized carbons (Fsp3) is 0.643. The van der Waals surface area contributed by atoms with Crippen molar-refractivity contribution in [3.05, 3.63) is 29.6 Å². The van der Waals surface area contributed by atoms with Gasteiger partial charge in [-0.25, -0.2) is 0 Å². The second-order valence-corrected chi connectivity index (χ2v) is 5.63. The Morgan fingerprint density at radius 1 is 1.41 bits per heavy atom. The van der Waals surface area contributed by atoms with Gasteiger partial charge >= 0.3 is 0 Å². The van der Waals surface area contributed by atoms with Gasteiger partial charge in [-0.3, -0.25) is 9.88 Å². The second-order valence-electron chi connectivity index (χ2n) is 5.63. The number of nitrogens with two attached hydrogens (primary N) is 1. The third-order valence-corrected chi connectivity index (χ3v) is 4.48. The van der Waals surface area contributed by atoms with Gasteiger partial charge in [-0.1, -0.05) is 6.07 Å². The predicted molar refractivity (Wildman–Crippen MR) is 68.4 cm³/mol. The SMILES string of the molecule is Cc1cccnc1CN1CC2CCC(N)C2C1. The van der Waals surface area contributed by atoms with Crippen molar-refractivity contribution in [3.63, 3.8) is 0 Å². The summed E-state index contributed by atoms with van der Waals surface area (Å²) >= 11 is 0. The van der Waals surface area contributed by atoms with Crippen LogP contribution in [0.5, 0.6) is 0 Å². The summed E-state index contributed by atoms with van der Waals surface area (Å²) in [6.07, 6.45) is 4.44. The van der Waals surface area contributed by atoms with Crippen LogP contribution < -0.4 is 5.73 Å². The Labute approximate surface area is 103 Å². The highest BCUT2D eigenvalue weighted by Gasteiger charge is 2.40. The molecule has 1 saturated carbocycles. The molecule has 3 atom stereocenters. The summed E-state index contributed by atoms with van der Waals surface area (Å²) in [5, 5.41) is 0. The molecule has 0 amide bonds. The first kappa shape index (κ1) is 11.2. The largest absolute Gasteiger partial charge is 0.327 e. The standard InChI is InChI=1S/C14H21N3/c1-10-3-2-6-16-14(10)9-17-7-11-4-5-13(15)12(11)8-17/h2-3,6,11-13H,4-5,7-9,15H2,1H3. The average Bonchev–Trinajstić information content (AvgIpc) is 2.85. The zero-order valence-corrected chi connectivity index (χ0v) is 10.5. The predicted octanol–water partition coefficient (Wildman–Crippen LogP) is 1.56. The van der Waals surface area contributed by atoms with Crippen molar-refractivity contribution in [2.75, 3.05) is 13.1 Å². The summed E-state index contributed by atoms with van der Waals surface area (Å²) in [6.45, 7) is 5.52. The maximum atomic E-state index is 6.16. The zero-order chi connectivity index (χ0) is 11.8. The molecule has 0 aromatic carbocycles. The molecule has 2 N–H and O–H groups in total. The molecule has 3 heteroatoms. The molecule has 3 nitrogen and oxygen atoms in total. The van der Waals surface area contributed by atoms with Gasteiger partial charge in [0, 0.05) is 31.9 Å². The molecular weight excluding hydrogens is 210 g/mol. The number of pyridine rings is 1.